The smallest absolute Gasteiger partial charge is 0.338 e. The second-order valence-electron chi connectivity index (χ2n) is 11.0. The standard InChI is InChI=1S/C36H36N2O5/c1-2-36(24-34(39)33(35(40)43-36)21-10-17-27-16-9-20-32(22-27)38(41)42)30-18-11-19-31(23-30)37(25-28-12-5-3-6-13-28)26-29-14-7-4-8-15-29/h3-9,11-16,18-20,22-23,39H,2,10,17,21,24-26H2,1H3. The molecule has 1 heterocycles. The molecule has 1 unspecified atom stereocenters. The second kappa shape index (κ2) is 13.4. The molecule has 0 spiro atoms. The number of nitro groups is 1. The Balaban J connectivity index is 1.36. The van der Waals surface area contributed by atoms with Crippen LogP contribution in [0.15, 0.2) is 121 Å². The van der Waals surface area contributed by atoms with Crippen LogP contribution in [0.1, 0.15) is 54.9 Å². The fourth-order valence-electron chi connectivity index (χ4n) is 5.71. The van der Waals surface area contributed by atoms with E-state index in [1.807, 2.05) is 61.5 Å². The first-order valence-electron chi connectivity index (χ1n) is 14.7. The number of carbonyl (C=O) groups is 1. The van der Waals surface area contributed by atoms with Gasteiger partial charge < -0.3 is 14.7 Å². The molecule has 1 aliphatic heterocycles. The lowest BCUT2D eigenvalue weighted by atomic mass is 9.83. The highest BCUT2D eigenvalue weighted by atomic mass is 16.6. The maximum absolute atomic E-state index is 13.3. The van der Waals surface area contributed by atoms with Crippen molar-refractivity contribution in [1.29, 1.82) is 0 Å². The van der Waals surface area contributed by atoms with E-state index >= 15 is 0 Å². The molecule has 0 bridgehead atoms. The maximum atomic E-state index is 13.3. The van der Waals surface area contributed by atoms with Gasteiger partial charge in [0, 0.05) is 37.3 Å². The van der Waals surface area contributed by atoms with Crippen LogP contribution in [-0.2, 0) is 34.6 Å². The Morgan fingerprint density at radius 1 is 0.837 bits per heavy atom. The first-order valence-corrected chi connectivity index (χ1v) is 14.7. The maximum Gasteiger partial charge on any atom is 0.338 e. The SMILES string of the molecule is CCC1(c2cccc(N(Cc3ccccc3)Cc3ccccc3)c2)CC(O)=C(CCCc2cccc([N+](=O)[O-])c2)C(=O)O1. The highest BCUT2D eigenvalue weighted by molar-refractivity contribution is 5.90. The minimum Gasteiger partial charge on any atom is -0.512 e. The summed E-state index contributed by atoms with van der Waals surface area (Å²) in [6.07, 6.45) is 2.13. The van der Waals surface area contributed by atoms with Gasteiger partial charge in [0.1, 0.15) is 11.4 Å². The van der Waals surface area contributed by atoms with Crippen molar-refractivity contribution in [3.8, 4) is 0 Å². The Morgan fingerprint density at radius 2 is 1.47 bits per heavy atom. The molecule has 43 heavy (non-hydrogen) atoms. The van der Waals surface area contributed by atoms with E-state index < -0.39 is 16.5 Å². The molecule has 7 heteroatoms. The number of esters is 1. The number of non-ortho nitro benzene ring substituents is 1. The molecule has 220 valence electrons. The Kier molecular flexibility index (Phi) is 9.20. The number of ether oxygens (including phenoxy) is 1. The van der Waals surface area contributed by atoms with Gasteiger partial charge in [0.05, 0.1) is 10.5 Å². The van der Waals surface area contributed by atoms with Crippen molar-refractivity contribution in [3.63, 3.8) is 0 Å². The van der Waals surface area contributed by atoms with E-state index in [2.05, 4.69) is 41.3 Å². The minimum atomic E-state index is -0.980. The number of aliphatic hydroxyl groups is 1. The average molecular weight is 577 g/mol. The molecule has 0 aromatic heterocycles. The van der Waals surface area contributed by atoms with Crippen molar-refractivity contribution in [2.75, 3.05) is 4.90 Å². The van der Waals surface area contributed by atoms with Crippen LogP contribution in [0.4, 0.5) is 11.4 Å². The average Bonchev–Trinajstić information content (AvgIpc) is 3.03. The first kappa shape index (κ1) is 29.6. The number of aliphatic hydroxyl groups excluding tert-OH is 1. The number of rotatable bonds is 12. The Hall–Kier alpha value is -4.91. The van der Waals surface area contributed by atoms with Crippen LogP contribution < -0.4 is 4.90 Å². The number of nitrogens with zero attached hydrogens (tertiary/aromatic N) is 2. The molecule has 0 aliphatic carbocycles. The van der Waals surface area contributed by atoms with Gasteiger partial charge in [0.25, 0.3) is 5.69 Å². The highest BCUT2D eigenvalue weighted by Gasteiger charge is 2.42. The summed E-state index contributed by atoms with van der Waals surface area (Å²) >= 11 is 0. The summed E-state index contributed by atoms with van der Waals surface area (Å²) in [6, 6.07) is 35.2. The zero-order valence-corrected chi connectivity index (χ0v) is 24.3. The van der Waals surface area contributed by atoms with E-state index in [4.69, 9.17) is 4.74 Å². The van der Waals surface area contributed by atoms with Crippen molar-refractivity contribution in [2.24, 2.45) is 0 Å². The van der Waals surface area contributed by atoms with Crippen LogP contribution >= 0.6 is 0 Å². The number of hydrogen-bond donors (Lipinski definition) is 1. The monoisotopic (exact) mass is 576 g/mol. The molecule has 1 N–H and O–H groups in total. The van der Waals surface area contributed by atoms with Crippen LogP contribution in [0.2, 0.25) is 0 Å². The molecule has 5 rings (SSSR count). The van der Waals surface area contributed by atoms with Crippen molar-refractivity contribution in [3.05, 3.63) is 153 Å². The van der Waals surface area contributed by atoms with Crippen molar-refractivity contribution >= 4 is 17.3 Å². The lowest BCUT2D eigenvalue weighted by Crippen LogP contribution is -2.37. The fraction of sp³-hybridized carbons (Fsp3) is 0.250. The van der Waals surface area contributed by atoms with Gasteiger partial charge in [-0.15, -0.1) is 0 Å². The summed E-state index contributed by atoms with van der Waals surface area (Å²) in [6.45, 7) is 3.38. The Morgan fingerprint density at radius 3 is 2.07 bits per heavy atom. The zero-order chi connectivity index (χ0) is 30.2. The van der Waals surface area contributed by atoms with E-state index in [-0.39, 0.29) is 23.4 Å². The highest BCUT2D eigenvalue weighted by Crippen LogP contribution is 2.42. The summed E-state index contributed by atoms with van der Waals surface area (Å²) in [4.78, 5) is 26.3. The molecular formula is C36H36N2O5. The number of anilines is 1. The molecule has 0 radical (unpaired) electrons. The van der Waals surface area contributed by atoms with Gasteiger partial charge in [0.2, 0.25) is 0 Å². The number of cyclic esters (lactones) is 1. The number of aryl methyl sites for hydroxylation is 1. The lowest BCUT2D eigenvalue weighted by Gasteiger charge is -2.37. The molecular weight excluding hydrogens is 540 g/mol. The quantitative estimate of drug-likeness (QED) is 0.104. The Bertz CT molecular complexity index is 1560. The molecule has 0 saturated carbocycles. The third-order valence-electron chi connectivity index (χ3n) is 8.09. The normalized spacial score (nSPS) is 16.5. The Labute approximate surface area is 252 Å². The predicted octanol–water partition coefficient (Wildman–Crippen LogP) is 8.19. The summed E-state index contributed by atoms with van der Waals surface area (Å²) in [7, 11) is 0. The zero-order valence-electron chi connectivity index (χ0n) is 24.3. The van der Waals surface area contributed by atoms with Crippen LogP contribution in [0.5, 0.6) is 0 Å². The summed E-state index contributed by atoms with van der Waals surface area (Å²) in [5.41, 5.74) is 4.37. The van der Waals surface area contributed by atoms with E-state index in [9.17, 15) is 20.0 Å². The molecule has 7 nitrogen and oxygen atoms in total. The van der Waals surface area contributed by atoms with Crippen molar-refractivity contribution in [2.45, 2.75) is 57.7 Å². The lowest BCUT2D eigenvalue weighted by molar-refractivity contribution is -0.384. The summed E-state index contributed by atoms with van der Waals surface area (Å²) in [5.74, 6) is -0.464. The third-order valence-corrected chi connectivity index (χ3v) is 8.09. The molecule has 0 fully saturated rings. The van der Waals surface area contributed by atoms with E-state index in [0.29, 0.717) is 38.8 Å². The largest absolute Gasteiger partial charge is 0.512 e. The van der Waals surface area contributed by atoms with Gasteiger partial charge >= 0.3 is 5.97 Å². The van der Waals surface area contributed by atoms with E-state index in [1.165, 1.54) is 17.2 Å². The van der Waals surface area contributed by atoms with Gasteiger partial charge in [-0.1, -0.05) is 91.9 Å². The molecule has 4 aromatic rings. The topological polar surface area (TPSA) is 92.9 Å². The summed E-state index contributed by atoms with van der Waals surface area (Å²) in [5, 5.41) is 22.2. The number of carbonyl (C=O) groups excluding carboxylic acids is 1. The van der Waals surface area contributed by atoms with Gasteiger partial charge in [-0.05, 0) is 60.1 Å². The molecule has 4 aromatic carbocycles. The number of benzene rings is 4. The minimum absolute atomic E-state index is 0.0395. The predicted molar refractivity (Wildman–Crippen MR) is 168 cm³/mol. The van der Waals surface area contributed by atoms with Crippen molar-refractivity contribution < 1.29 is 19.6 Å². The van der Waals surface area contributed by atoms with Crippen LogP contribution in [0.25, 0.3) is 0 Å². The fourth-order valence-corrected chi connectivity index (χ4v) is 5.71. The molecule has 0 saturated heterocycles. The van der Waals surface area contributed by atoms with Crippen LogP contribution in [0.3, 0.4) is 0 Å². The number of hydrogen-bond acceptors (Lipinski definition) is 6. The molecule has 0 amide bonds. The van der Waals surface area contributed by atoms with Gasteiger partial charge in [-0.2, -0.15) is 0 Å². The van der Waals surface area contributed by atoms with E-state index in [1.54, 1.807) is 12.1 Å². The first-order chi connectivity index (χ1) is 20.9. The van der Waals surface area contributed by atoms with Gasteiger partial charge in [-0.3, -0.25) is 10.1 Å². The second-order valence-corrected chi connectivity index (χ2v) is 11.0. The van der Waals surface area contributed by atoms with Crippen LogP contribution in [0, 0.1) is 10.1 Å². The summed E-state index contributed by atoms with van der Waals surface area (Å²) < 4.78 is 6.15. The van der Waals surface area contributed by atoms with Gasteiger partial charge in [-0.25, -0.2) is 4.79 Å². The number of nitro benzene ring substituents is 1. The molecule has 1 aliphatic rings. The van der Waals surface area contributed by atoms with E-state index in [0.717, 1.165) is 16.8 Å². The van der Waals surface area contributed by atoms with Crippen molar-refractivity contribution in [1.82, 2.24) is 0 Å². The molecule has 1 atom stereocenters. The van der Waals surface area contributed by atoms with Gasteiger partial charge in [0.15, 0.2) is 0 Å². The van der Waals surface area contributed by atoms with Crippen LogP contribution in [-0.4, -0.2) is 16.0 Å². The third kappa shape index (κ3) is 7.12.